The number of aryl methyl sites for hydroxylation is 1. The number of carbonyl (C=O) groups excluding carboxylic acids is 2. The average Bonchev–Trinajstić information content (AvgIpc) is 2.76. The summed E-state index contributed by atoms with van der Waals surface area (Å²) < 4.78 is 0. The molecule has 0 aliphatic heterocycles. The second-order valence-electron chi connectivity index (χ2n) is 7.01. The fourth-order valence-electron chi connectivity index (χ4n) is 2.81. The first-order valence-corrected chi connectivity index (χ1v) is 9.86. The van der Waals surface area contributed by atoms with Gasteiger partial charge in [-0.1, -0.05) is 23.2 Å². The SMILES string of the molecule is CC(=N)N(C)c1ccc(C(=O)Nc2ccc(C)cc2C(=O)Nc2ccc(Cl)cn2)cc1.Cl. The zero-order valence-electron chi connectivity index (χ0n) is 17.8. The lowest BCUT2D eigenvalue weighted by Gasteiger charge is -2.17. The Hall–Kier alpha value is -3.42. The second-order valence-corrected chi connectivity index (χ2v) is 7.45. The quantitative estimate of drug-likeness (QED) is 0.342. The molecule has 0 aliphatic carbocycles. The summed E-state index contributed by atoms with van der Waals surface area (Å²) in [6, 6.07) is 15.3. The van der Waals surface area contributed by atoms with Crippen molar-refractivity contribution in [1.82, 2.24) is 4.98 Å². The van der Waals surface area contributed by atoms with Gasteiger partial charge < -0.3 is 15.5 Å². The van der Waals surface area contributed by atoms with Crippen LogP contribution >= 0.6 is 24.0 Å². The van der Waals surface area contributed by atoms with Gasteiger partial charge in [-0.25, -0.2) is 4.98 Å². The lowest BCUT2D eigenvalue weighted by molar-refractivity contribution is 0.102. The Kier molecular flexibility index (Phi) is 8.34. The van der Waals surface area contributed by atoms with Gasteiger partial charge in [0.2, 0.25) is 0 Å². The first-order chi connectivity index (χ1) is 14.7. The minimum absolute atomic E-state index is 0. The number of carbonyl (C=O) groups is 2. The standard InChI is InChI=1S/C23H22ClN5O2.ClH/c1-14-4-10-20(19(12-14)23(31)28-21-11-7-17(24)13-26-21)27-22(30)16-5-8-18(9-6-16)29(3)15(2)25;/h4-13,25H,1-3H3,(H,27,30)(H,26,28,31);1H. The number of aromatic nitrogens is 1. The van der Waals surface area contributed by atoms with Gasteiger partial charge in [0, 0.05) is 24.5 Å². The average molecular weight is 472 g/mol. The van der Waals surface area contributed by atoms with E-state index in [1.54, 1.807) is 67.4 Å². The summed E-state index contributed by atoms with van der Waals surface area (Å²) in [6.07, 6.45) is 1.44. The maximum absolute atomic E-state index is 12.8. The van der Waals surface area contributed by atoms with Gasteiger partial charge in [0.25, 0.3) is 11.8 Å². The smallest absolute Gasteiger partial charge is 0.258 e. The van der Waals surface area contributed by atoms with Gasteiger partial charge in [0.05, 0.1) is 22.1 Å². The van der Waals surface area contributed by atoms with Crippen LogP contribution in [0, 0.1) is 12.3 Å². The van der Waals surface area contributed by atoms with Crippen LogP contribution in [0.5, 0.6) is 0 Å². The fourth-order valence-corrected chi connectivity index (χ4v) is 2.92. The van der Waals surface area contributed by atoms with Gasteiger partial charge in [-0.3, -0.25) is 15.0 Å². The van der Waals surface area contributed by atoms with Crippen molar-refractivity contribution >= 4 is 58.9 Å². The second kappa shape index (κ2) is 10.7. The summed E-state index contributed by atoms with van der Waals surface area (Å²) in [5.41, 5.74) is 2.82. The van der Waals surface area contributed by atoms with Crippen molar-refractivity contribution in [2.75, 3.05) is 22.6 Å². The van der Waals surface area contributed by atoms with Crippen molar-refractivity contribution in [3.8, 4) is 0 Å². The zero-order valence-corrected chi connectivity index (χ0v) is 19.3. The normalized spacial score (nSPS) is 10.0. The largest absolute Gasteiger partial charge is 0.334 e. The zero-order chi connectivity index (χ0) is 22.5. The first-order valence-electron chi connectivity index (χ1n) is 9.48. The number of amidine groups is 1. The number of benzene rings is 2. The van der Waals surface area contributed by atoms with Crippen LogP contribution in [0.3, 0.4) is 0 Å². The summed E-state index contributed by atoms with van der Waals surface area (Å²) >= 11 is 5.83. The highest BCUT2D eigenvalue weighted by atomic mass is 35.5. The highest BCUT2D eigenvalue weighted by Gasteiger charge is 2.16. The molecule has 166 valence electrons. The van der Waals surface area contributed by atoms with Crippen molar-refractivity contribution < 1.29 is 9.59 Å². The maximum atomic E-state index is 12.8. The Balaban J connectivity index is 0.00000363. The summed E-state index contributed by atoms with van der Waals surface area (Å²) in [6.45, 7) is 3.55. The minimum Gasteiger partial charge on any atom is -0.334 e. The summed E-state index contributed by atoms with van der Waals surface area (Å²) in [7, 11) is 1.78. The highest BCUT2D eigenvalue weighted by Crippen LogP contribution is 2.21. The number of pyridine rings is 1. The van der Waals surface area contributed by atoms with E-state index in [0.29, 0.717) is 33.5 Å². The van der Waals surface area contributed by atoms with Crippen LogP contribution in [0.15, 0.2) is 60.8 Å². The van der Waals surface area contributed by atoms with E-state index in [4.69, 9.17) is 17.0 Å². The predicted octanol–water partition coefficient (Wildman–Crippen LogP) is 5.40. The lowest BCUT2D eigenvalue weighted by Crippen LogP contribution is -2.22. The van der Waals surface area contributed by atoms with Gasteiger partial charge >= 0.3 is 0 Å². The molecule has 0 atom stereocenters. The molecule has 0 radical (unpaired) electrons. The van der Waals surface area contributed by atoms with Gasteiger partial charge in [-0.15, -0.1) is 12.4 Å². The van der Waals surface area contributed by atoms with Crippen LogP contribution in [-0.2, 0) is 0 Å². The van der Waals surface area contributed by atoms with Crippen molar-refractivity contribution in [2.24, 2.45) is 0 Å². The molecule has 7 nitrogen and oxygen atoms in total. The number of hydrogen-bond donors (Lipinski definition) is 3. The van der Waals surface area contributed by atoms with Crippen LogP contribution in [-0.4, -0.2) is 29.7 Å². The highest BCUT2D eigenvalue weighted by molar-refractivity contribution is 6.30. The van der Waals surface area contributed by atoms with Crippen molar-refractivity contribution in [3.63, 3.8) is 0 Å². The molecule has 0 aliphatic rings. The first kappa shape index (κ1) is 24.8. The molecule has 2 aromatic carbocycles. The Morgan fingerprint density at radius 3 is 2.28 bits per heavy atom. The van der Waals surface area contributed by atoms with Crippen LogP contribution < -0.4 is 15.5 Å². The number of hydrogen-bond acceptors (Lipinski definition) is 4. The molecule has 1 aromatic heterocycles. The molecule has 0 unspecified atom stereocenters. The molecule has 0 saturated carbocycles. The molecule has 0 fully saturated rings. The number of nitrogens with one attached hydrogen (secondary N) is 3. The number of anilines is 3. The molecule has 2 amide bonds. The van der Waals surface area contributed by atoms with Crippen molar-refractivity contribution in [3.05, 3.63) is 82.5 Å². The Morgan fingerprint density at radius 1 is 1.00 bits per heavy atom. The van der Waals surface area contributed by atoms with E-state index in [2.05, 4.69) is 15.6 Å². The van der Waals surface area contributed by atoms with E-state index in [1.165, 1.54) is 6.20 Å². The van der Waals surface area contributed by atoms with Crippen LogP contribution in [0.2, 0.25) is 5.02 Å². The van der Waals surface area contributed by atoms with Gasteiger partial charge in [0.1, 0.15) is 5.82 Å². The topological polar surface area (TPSA) is 98.2 Å². The molecule has 3 rings (SSSR count). The molecular formula is C23H23Cl2N5O2. The van der Waals surface area contributed by atoms with Crippen molar-refractivity contribution in [1.29, 1.82) is 5.41 Å². The Morgan fingerprint density at radius 2 is 1.69 bits per heavy atom. The molecule has 0 saturated heterocycles. The summed E-state index contributed by atoms with van der Waals surface area (Å²) in [5, 5.41) is 13.7. The van der Waals surface area contributed by atoms with Crippen LogP contribution in [0.25, 0.3) is 0 Å². The van der Waals surface area contributed by atoms with Crippen LogP contribution in [0.1, 0.15) is 33.2 Å². The monoisotopic (exact) mass is 471 g/mol. The van der Waals surface area contributed by atoms with E-state index in [-0.39, 0.29) is 18.3 Å². The molecule has 3 aromatic rings. The number of nitrogens with zero attached hydrogens (tertiary/aromatic N) is 2. The van der Waals surface area contributed by atoms with E-state index < -0.39 is 5.91 Å². The third-order valence-corrected chi connectivity index (χ3v) is 4.88. The molecule has 1 heterocycles. The minimum atomic E-state index is -0.396. The molecule has 0 spiro atoms. The molecule has 3 N–H and O–H groups in total. The van der Waals surface area contributed by atoms with Gasteiger partial charge in [0.15, 0.2) is 0 Å². The van der Waals surface area contributed by atoms with E-state index in [0.717, 1.165) is 11.3 Å². The van der Waals surface area contributed by atoms with Crippen LogP contribution in [0.4, 0.5) is 17.2 Å². The Bertz CT molecular complexity index is 1130. The summed E-state index contributed by atoms with van der Waals surface area (Å²) in [4.78, 5) is 31.3. The number of amides is 2. The van der Waals surface area contributed by atoms with E-state index >= 15 is 0 Å². The molecular weight excluding hydrogens is 449 g/mol. The third-order valence-electron chi connectivity index (χ3n) is 4.66. The van der Waals surface area contributed by atoms with E-state index in [1.807, 2.05) is 13.0 Å². The summed E-state index contributed by atoms with van der Waals surface area (Å²) in [5.74, 6) is 0.00706. The fraction of sp³-hybridized carbons (Fsp3) is 0.130. The van der Waals surface area contributed by atoms with E-state index in [9.17, 15) is 9.59 Å². The lowest BCUT2D eigenvalue weighted by atomic mass is 10.1. The molecule has 9 heteroatoms. The van der Waals surface area contributed by atoms with Gasteiger partial charge in [-0.05, 0) is 62.4 Å². The number of halogens is 2. The molecule has 0 bridgehead atoms. The van der Waals surface area contributed by atoms with Crippen molar-refractivity contribution in [2.45, 2.75) is 13.8 Å². The third kappa shape index (κ3) is 6.06. The van der Waals surface area contributed by atoms with Gasteiger partial charge in [-0.2, -0.15) is 0 Å². The molecule has 32 heavy (non-hydrogen) atoms. The predicted molar refractivity (Wildman–Crippen MR) is 132 cm³/mol. The maximum Gasteiger partial charge on any atom is 0.258 e. The number of rotatable bonds is 5. The Labute approximate surface area is 197 Å².